The van der Waals surface area contributed by atoms with Crippen molar-refractivity contribution in [1.29, 1.82) is 0 Å². The molecule has 3 aromatic carbocycles. The molecule has 1 atom stereocenters. The minimum absolute atomic E-state index is 0.0262. The maximum absolute atomic E-state index is 13.5. The summed E-state index contributed by atoms with van der Waals surface area (Å²) in [4.78, 5) is 22.7. The highest BCUT2D eigenvalue weighted by atomic mass is 31.0. The number of aromatic nitrogens is 2. The van der Waals surface area contributed by atoms with E-state index in [2.05, 4.69) is 39.3 Å². The summed E-state index contributed by atoms with van der Waals surface area (Å²) in [5.41, 5.74) is 1.16. The van der Waals surface area contributed by atoms with Gasteiger partial charge in [0.15, 0.2) is 0 Å². The molecule has 1 aromatic heterocycles. The van der Waals surface area contributed by atoms with Gasteiger partial charge in [0.2, 0.25) is 6.41 Å². The van der Waals surface area contributed by atoms with Crippen molar-refractivity contribution in [3.8, 4) is 22.9 Å². The largest absolute Gasteiger partial charge is 0.457 e. The van der Waals surface area contributed by atoms with E-state index in [1.165, 1.54) is 17.7 Å². The summed E-state index contributed by atoms with van der Waals surface area (Å²) < 4.78 is 32.9. The number of alkyl halides is 2. The molecule has 50 heavy (non-hydrogen) atoms. The number of piperidine rings is 1. The number of nitrogens with zero attached hydrogens (tertiary/aromatic N) is 3. The monoisotopic (exact) mass is 703 g/mol. The van der Waals surface area contributed by atoms with Crippen molar-refractivity contribution in [1.82, 2.24) is 25.1 Å². The molecule has 7 nitrogen and oxygen atoms in total. The fraction of sp³-hybridized carbons (Fsp3) is 0.350. The summed E-state index contributed by atoms with van der Waals surface area (Å²) >= 11 is 0. The highest BCUT2D eigenvalue weighted by Crippen LogP contribution is 2.35. The number of para-hydroxylation sites is 1. The molecule has 0 radical (unpaired) electrons. The molecule has 268 valence electrons. The lowest BCUT2D eigenvalue weighted by Gasteiger charge is -2.36. The minimum atomic E-state index is -2.93. The predicted molar refractivity (Wildman–Crippen MR) is 204 cm³/mol. The summed E-state index contributed by atoms with van der Waals surface area (Å²) in [6, 6.07) is 25.0. The van der Waals surface area contributed by atoms with Gasteiger partial charge in [-0.2, -0.15) is 8.78 Å². The molecule has 1 saturated heterocycles. The lowest BCUT2D eigenvalue weighted by Crippen LogP contribution is -2.42. The molecule has 1 fully saturated rings. The molecule has 0 saturated carbocycles. The summed E-state index contributed by atoms with van der Waals surface area (Å²) in [6.45, 7) is 12.3. The third-order valence-electron chi connectivity index (χ3n) is 8.18. The Balaban J connectivity index is 0.000000536. The average molecular weight is 704 g/mol. The number of likely N-dealkylation sites (tertiary alicyclic amines) is 1. The van der Waals surface area contributed by atoms with Crippen molar-refractivity contribution in [2.75, 3.05) is 26.7 Å². The summed E-state index contributed by atoms with van der Waals surface area (Å²) in [7, 11) is 3.79. The number of H-pyrrole nitrogens is 1. The number of hydrogen-bond acceptors (Lipinski definition) is 5. The van der Waals surface area contributed by atoms with Gasteiger partial charge < -0.3 is 15.0 Å². The Bertz CT molecular complexity index is 1600. The van der Waals surface area contributed by atoms with Crippen LogP contribution < -0.4 is 10.1 Å². The van der Waals surface area contributed by atoms with Crippen LogP contribution in [0.2, 0.25) is 0 Å². The maximum Gasteiger partial charge on any atom is 0.283 e. The average Bonchev–Trinajstić information content (AvgIpc) is 3.50. The first kappa shape index (κ1) is 40.3. The van der Waals surface area contributed by atoms with Gasteiger partial charge in [-0.15, -0.1) is 0 Å². The number of imidazole rings is 1. The second-order valence-corrected chi connectivity index (χ2v) is 12.5. The quantitative estimate of drug-likeness (QED) is 0.0629. The molecule has 5 rings (SSSR count). The third-order valence-corrected chi connectivity index (χ3v) is 8.51. The van der Waals surface area contributed by atoms with Gasteiger partial charge in [-0.3, -0.25) is 14.6 Å². The SMILES string of the molecule is C/C=C\C=C/CNC=O.CC.Cc1[nH]c(-c2ccc(C(F)(F)P)cc2)nc1CN1CCC(N(C)Cc2ccc(Oc3ccccc3)cc2)CC1. The molecule has 1 unspecified atom stereocenters. The zero-order valence-electron chi connectivity index (χ0n) is 29.9. The van der Waals surface area contributed by atoms with Crippen molar-refractivity contribution in [2.45, 2.75) is 65.3 Å². The second-order valence-electron chi connectivity index (χ2n) is 11.8. The highest BCUT2D eigenvalue weighted by Gasteiger charge is 2.25. The Kier molecular flexibility index (Phi) is 17.0. The van der Waals surface area contributed by atoms with Gasteiger partial charge in [0.1, 0.15) is 17.3 Å². The molecule has 1 aliphatic heterocycles. The van der Waals surface area contributed by atoms with Crippen LogP contribution in [0, 0.1) is 6.92 Å². The van der Waals surface area contributed by atoms with E-state index in [0.717, 1.165) is 73.3 Å². The highest BCUT2D eigenvalue weighted by molar-refractivity contribution is 7.17. The van der Waals surface area contributed by atoms with E-state index >= 15 is 0 Å². The summed E-state index contributed by atoms with van der Waals surface area (Å²) in [5, 5.41) is 2.51. The molecule has 4 aromatic rings. The first-order valence-corrected chi connectivity index (χ1v) is 17.8. The molecule has 2 heterocycles. The van der Waals surface area contributed by atoms with Crippen LogP contribution in [0.25, 0.3) is 11.4 Å². The number of aryl methyl sites for hydroxylation is 1. The van der Waals surface area contributed by atoms with Crippen LogP contribution in [0.5, 0.6) is 11.5 Å². The number of carbonyl (C=O) groups is 1. The number of amides is 1. The lowest BCUT2D eigenvalue weighted by atomic mass is 10.0. The normalized spacial score (nSPS) is 13.9. The topological polar surface area (TPSA) is 73.5 Å². The number of nitrogens with one attached hydrogen (secondary N) is 2. The first-order valence-electron chi connectivity index (χ1n) is 17.2. The van der Waals surface area contributed by atoms with Crippen LogP contribution in [0.1, 0.15) is 56.1 Å². The van der Waals surface area contributed by atoms with E-state index in [9.17, 15) is 13.6 Å². The van der Waals surface area contributed by atoms with Gasteiger partial charge in [0.25, 0.3) is 5.66 Å². The van der Waals surface area contributed by atoms with E-state index in [-0.39, 0.29) is 5.56 Å². The van der Waals surface area contributed by atoms with E-state index in [1.54, 1.807) is 21.4 Å². The van der Waals surface area contributed by atoms with Crippen LogP contribution in [0.4, 0.5) is 8.78 Å². The van der Waals surface area contributed by atoms with Gasteiger partial charge in [-0.1, -0.05) is 102 Å². The van der Waals surface area contributed by atoms with E-state index in [0.29, 0.717) is 19.0 Å². The molecular formula is C40H52F2N5O2P. The molecule has 2 N–H and O–H groups in total. The smallest absolute Gasteiger partial charge is 0.283 e. The zero-order chi connectivity index (χ0) is 36.4. The first-order chi connectivity index (χ1) is 24.2. The Labute approximate surface area is 299 Å². The zero-order valence-corrected chi connectivity index (χ0v) is 31.1. The molecule has 0 spiro atoms. The second kappa shape index (κ2) is 21.1. The molecule has 10 heteroatoms. The number of hydrogen-bond donors (Lipinski definition) is 2. The molecular weight excluding hydrogens is 651 g/mol. The minimum Gasteiger partial charge on any atom is -0.457 e. The fourth-order valence-electron chi connectivity index (χ4n) is 5.45. The van der Waals surface area contributed by atoms with E-state index in [1.807, 2.05) is 94.5 Å². The van der Waals surface area contributed by atoms with E-state index in [4.69, 9.17) is 9.72 Å². The van der Waals surface area contributed by atoms with Gasteiger partial charge in [-0.05, 0) is 63.6 Å². The summed E-state index contributed by atoms with van der Waals surface area (Å²) in [5.74, 6) is 2.40. The van der Waals surface area contributed by atoms with E-state index < -0.39 is 5.66 Å². The summed E-state index contributed by atoms with van der Waals surface area (Å²) in [6.07, 6.45) is 10.5. The van der Waals surface area contributed by atoms with Crippen LogP contribution in [0.3, 0.4) is 0 Å². The van der Waals surface area contributed by atoms with Crippen molar-refractivity contribution in [3.63, 3.8) is 0 Å². The molecule has 0 bridgehead atoms. The van der Waals surface area contributed by atoms with Crippen molar-refractivity contribution in [2.24, 2.45) is 0 Å². The number of benzene rings is 3. The standard InChI is InChI=1S/C31H35F2N4OP.C7H11NO.C2H6/c1-22-29(35-30(34-22)24-10-12-25(13-11-24)31(32,33)39)21-37-18-16-26(17-19-37)36(2)20-23-8-14-28(15-9-23)38-27-6-4-3-5-7-27;1-2-3-4-5-6-8-7-9;1-2/h3-15,26H,16-21,39H2,1-2H3,(H,34,35);2-5,7H,6H2,1H3,(H,8,9);1-2H3/b;3-2-,5-4-;. The van der Waals surface area contributed by atoms with Gasteiger partial charge in [-0.25, -0.2) is 4.98 Å². The maximum atomic E-state index is 13.5. The van der Waals surface area contributed by atoms with Gasteiger partial charge >= 0.3 is 0 Å². The Morgan fingerprint density at radius 3 is 2.24 bits per heavy atom. The fourth-order valence-corrected chi connectivity index (χ4v) is 5.64. The van der Waals surface area contributed by atoms with Crippen LogP contribution in [-0.4, -0.2) is 58.9 Å². The molecule has 1 aliphatic rings. The van der Waals surface area contributed by atoms with Gasteiger partial charge in [0.05, 0.1) is 5.69 Å². The Morgan fingerprint density at radius 1 is 1.00 bits per heavy atom. The number of aromatic amines is 1. The van der Waals surface area contributed by atoms with Crippen molar-refractivity contribution < 1.29 is 18.3 Å². The third kappa shape index (κ3) is 13.3. The molecule has 1 amide bonds. The number of rotatable bonds is 13. The molecule has 0 aliphatic carbocycles. The van der Waals surface area contributed by atoms with Crippen LogP contribution >= 0.6 is 9.24 Å². The van der Waals surface area contributed by atoms with Crippen LogP contribution in [-0.2, 0) is 23.5 Å². The number of carbonyl (C=O) groups excluding carboxylic acids is 1. The Morgan fingerprint density at radius 2 is 1.64 bits per heavy atom. The predicted octanol–water partition coefficient (Wildman–Crippen LogP) is 9.09. The number of allylic oxidation sites excluding steroid dienone is 3. The van der Waals surface area contributed by atoms with Crippen LogP contribution in [0.15, 0.2) is 103 Å². The number of halogens is 2. The lowest BCUT2D eigenvalue weighted by molar-refractivity contribution is -0.109. The number of ether oxygens (including phenoxy) is 1. The van der Waals surface area contributed by atoms with Crippen molar-refractivity contribution >= 4 is 15.6 Å². The van der Waals surface area contributed by atoms with Crippen molar-refractivity contribution in [3.05, 3.63) is 126 Å². The van der Waals surface area contributed by atoms with Gasteiger partial charge in [0, 0.05) is 55.6 Å². The Hall–Kier alpha value is -4.17.